The fourth-order valence-electron chi connectivity index (χ4n) is 3.89. The predicted octanol–water partition coefficient (Wildman–Crippen LogP) is 1.62. The van der Waals surface area contributed by atoms with Crippen molar-refractivity contribution in [3.8, 4) is 5.88 Å². The number of benzene rings is 1. The molecule has 0 spiro atoms. The number of hydrogen-bond acceptors (Lipinski definition) is 6. The number of fused-ring (bicyclic) bond motifs is 1. The predicted molar refractivity (Wildman–Crippen MR) is 101 cm³/mol. The first-order valence-corrected chi connectivity index (χ1v) is 9.36. The Labute approximate surface area is 157 Å². The van der Waals surface area contributed by atoms with Crippen LogP contribution in [0.15, 0.2) is 23.2 Å². The first-order valence-electron chi connectivity index (χ1n) is 9.36. The van der Waals surface area contributed by atoms with Crippen LogP contribution in [0.5, 0.6) is 5.88 Å². The van der Waals surface area contributed by atoms with Crippen LogP contribution in [0, 0.1) is 0 Å². The molecule has 7 heteroatoms. The number of hydrogen-bond donors (Lipinski definition) is 2. The molecule has 0 amide bonds. The van der Waals surface area contributed by atoms with E-state index in [9.17, 15) is 9.90 Å². The number of aliphatic hydroxyl groups is 1. The number of carbonyl (C=O) groups is 1. The maximum Gasteiger partial charge on any atom is 0.201 e. The van der Waals surface area contributed by atoms with Crippen molar-refractivity contribution in [2.75, 3.05) is 39.6 Å². The summed E-state index contributed by atoms with van der Waals surface area (Å²) in [5.74, 6) is 0.174. The topological polar surface area (TPSA) is 93.3 Å². The molecule has 1 atom stereocenters. The van der Waals surface area contributed by atoms with Crippen LogP contribution < -0.4 is 0 Å². The lowest BCUT2D eigenvalue weighted by molar-refractivity contribution is -0.119. The molecule has 144 valence electrons. The van der Waals surface area contributed by atoms with E-state index in [4.69, 9.17) is 14.6 Å². The molecule has 1 fully saturated rings. The van der Waals surface area contributed by atoms with Gasteiger partial charge in [-0.15, -0.1) is 0 Å². The SMILES string of the molecule is O=C(CCO)Cc1ccc2c(c1)c(C1=NCCOC1)c(O)n2C1CCOC1. The molecular weight excluding hydrogens is 348 g/mol. The average Bonchev–Trinajstić information content (AvgIpc) is 3.27. The van der Waals surface area contributed by atoms with E-state index in [1.54, 1.807) is 0 Å². The second-order valence-corrected chi connectivity index (χ2v) is 7.01. The second-order valence-electron chi connectivity index (χ2n) is 7.01. The van der Waals surface area contributed by atoms with Crippen LogP contribution in [0.4, 0.5) is 0 Å². The number of ketones is 1. The highest BCUT2D eigenvalue weighted by atomic mass is 16.5. The van der Waals surface area contributed by atoms with Crippen molar-refractivity contribution >= 4 is 22.4 Å². The fraction of sp³-hybridized carbons (Fsp3) is 0.500. The third kappa shape index (κ3) is 3.50. The maximum atomic E-state index is 11.9. The number of carbonyl (C=O) groups excluding carboxylic acids is 1. The van der Waals surface area contributed by atoms with Crippen LogP contribution >= 0.6 is 0 Å². The van der Waals surface area contributed by atoms with Crippen LogP contribution in [-0.2, 0) is 20.7 Å². The Bertz CT molecular complexity index is 880. The molecular formula is C20H24N2O5. The summed E-state index contributed by atoms with van der Waals surface area (Å²) < 4.78 is 13.0. The molecule has 1 saturated heterocycles. The number of aliphatic imine (C=N–C) groups is 1. The lowest BCUT2D eigenvalue weighted by atomic mass is 10.0. The molecule has 0 radical (unpaired) electrons. The fourth-order valence-corrected chi connectivity index (χ4v) is 3.89. The number of aromatic nitrogens is 1. The van der Waals surface area contributed by atoms with Crippen LogP contribution in [0.25, 0.3) is 10.9 Å². The Hall–Kier alpha value is -2.22. The lowest BCUT2D eigenvalue weighted by Crippen LogP contribution is -2.19. The van der Waals surface area contributed by atoms with Crippen LogP contribution in [0.1, 0.15) is 30.0 Å². The smallest absolute Gasteiger partial charge is 0.201 e. The van der Waals surface area contributed by atoms with Crippen molar-refractivity contribution in [3.05, 3.63) is 29.3 Å². The highest BCUT2D eigenvalue weighted by Crippen LogP contribution is 2.38. The molecule has 2 N–H and O–H groups in total. The Morgan fingerprint density at radius 2 is 2.19 bits per heavy atom. The third-order valence-electron chi connectivity index (χ3n) is 5.17. The van der Waals surface area contributed by atoms with Crippen LogP contribution in [0.3, 0.4) is 0 Å². The normalized spacial score (nSPS) is 20.2. The molecule has 4 rings (SSSR count). The summed E-state index contributed by atoms with van der Waals surface area (Å²) in [7, 11) is 0. The average molecular weight is 372 g/mol. The van der Waals surface area contributed by atoms with Gasteiger partial charge < -0.3 is 24.3 Å². The number of nitrogens with zero attached hydrogens (tertiary/aromatic N) is 2. The minimum Gasteiger partial charge on any atom is -0.494 e. The van der Waals surface area contributed by atoms with E-state index < -0.39 is 0 Å². The zero-order valence-corrected chi connectivity index (χ0v) is 15.2. The Morgan fingerprint density at radius 3 is 2.89 bits per heavy atom. The summed E-state index contributed by atoms with van der Waals surface area (Å²) in [5, 5.41) is 20.9. The van der Waals surface area contributed by atoms with E-state index in [1.165, 1.54) is 0 Å². The van der Waals surface area contributed by atoms with Crippen molar-refractivity contribution in [2.45, 2.75) is 25.3 Å². The molecule has 0 saturated carbocycles. The zero-order chi connectivity index (χ0) is 18.8. The van der Waals surface area contributed by atoms with Gasteiger partial charge in [-0.2, -0.15) is 0 Å². The largest absolute Gasteiger partial charge is 0.494 e. The molecule has 0 bridgehead atoms. The van der Waals surface area contributed by atoms with E-state index in [0.717, 1.165) is 28.6 Å². The van der Waals surface area contributed by atoms with E-state index in [-0.39, 0.29) is 37.2 Å². The summed E-state index contributed by atoms with van der Waals surface area (Å²) in [6.07, 6.45) is 1.25. The van der Waals surface area contributed by atoms with Gasteiger partial charge in [-0.25, -0.2) is 0 Å². The van der Waals surface area contributed by atoms with E-state index >= 15 is 0 Å². The van der Waals surface area contributed by atoms with Crippen molar-refractivity contribution < 1.29 is 24.5 Å². The van der Waals surface area contributed by atoms with Crippen molar-refractivity contribution in [3.63, 3.8) is 0 Å². The highest BCUT2D eigenvalue weighted by Gasteiger charge is 2.28. The highest BCUT2D eigenvalue weighted by molar-refractivity contribution is 6.14. The van der Waals surface area contributed by atoms with E-state index in [1.807, 2.05) is 22.8 Å². The van der Waals surface area contributed by atoms with Crippen LogP contribution in [-0.4, -0.2) is 65.9 Å². The molecule has 1 aromatic heterocycles. The first kappa shape index (κ1) is 18.2. The van der Waals surface area contributed by atoms with Gasteiger partial charge in [0.05, 0.1) is 49.2 Å². The van der Waals surface area contributed by atoms with Gasteiger partial charge in [-0.1, -0.05) is 6.07 Å². The Balaban J connectivity index is 1.83. The van der Waals surface area contributed by atoms with Gasteiger partial charge >= 0.3 is 0 Å². The molecule has 1 aromatic carbocycles. The third-order valence-corrected chi connectivity index (χ3v) is 5.17. The van der Waals surface area contributed by atoms with Gasteiger partial charge in [0, 0.05) is 31.4 Å². The molecule has 2 aromatic rings. The number of ether oxygens (including phenoxy) is 2. The minimum atomic E-state index is -0.140. The molecule has 2 aliphatic rings. The molecule has 1 unspecified atom stereocenters. The van der Waals surface area contributed by atoms with E-state index in [0.29, 0.717) is 38.5 Å². The standard InChI is InChI=1S/C20H24N2O5/c23-6-3-15(24)9-13-1-2-18-16(10-13)19(17-12-27-8-5-21-17)20(25)22(18)14-4-7-26-11-14/h1-2,10,14,23,25H,3-9,11-12H2. The summed E-state index contributed by atoms with van der Waals surface area (Å²) in [5.41, 5.74) is 3.19. The zero-order valence-electron chi connectivity index (χ0n) is 15.2. The van der Waals surface area contributed by atoms with Gasteiger partial charge in [-0.3, -0.25) is 9.79 Å². The second kappa shape index (κ2) is 7.80. The van der Waals surface area contributed by atoms with E-state index in [2.05, 4.69) is 4.99 Å². The van der Waals surface area contributed by atoms with Gasteiger partial charge in [0.15, 0.2) is 0 Å². The van der Waals surface area contributed by atoms with Gasteiger partial charge in [0.2, 0.25) is 5.88 Å². The van der Waals surface area contributed by atoms with Crippen molar-refractivity contribution in [1.29, 1.82) is 0 Å². The summed E-state index contributed by atoms with van der Waals surface area (Å²) in [6, 6.07) is 5.88. The number of aliphatic hydroxyl groups excluding tert-OH is 1. The van der Waals surface area contributed by atoms with Gasteiger partial charge in [0.1, 0.15) is 5.78 Å². The molecule has 3 heterocycles. The maximum absolute atomic E-state index is 11.9. The number of rotatable bonds is 6. The monoisotopic (exact) mass is 372 g/mol. The Morgan fingerprint density at radius 1 is 1.30 bits per heavy atom. The summed E-state index contributed by atoms with van der Waals surface area (Å²) in [4.78, 5) is 16.5. The van der Waals surface area contributed by atoms with Gasteiger partial charge in [-0.05, 0) is 24.1 Å². The molecule has 7 nitrogen and oxygen atoms in total. The lowest BCUT2D eigenvalue weighted by Gasteiger charge is -2.15. The number of Topliss-reactive ketones (excluding diaryl/α,β-unsaturated/α-hetero) is 1. The Kier molecular flexibility index (Phi) is 5.24. The summed E-state index contributed by atoms with van der Waals surface area (Å²) in [6.45, 7) is 2.62. The van der Waals surface area contributed by atoms with Gasteiger partial charge in [0.25, 0.3) is 0 Å². The first-order chi connectivity index (χ1) is 13.2. The van der Waals surface area contributed by atoms with Crippen molar-refractivity contribution in [2.24, 2.45) is 4.99 Å². The summed E-state index contributed by atoms with van der Waals surface area (Å²) >= 11 is 0. The molecule has 0 aliphatic carbocycles. The van der Waals surface area contributed by atoms with Crippen molar-refractivity contribution in [1.82, 2.24) is 4.57 Å². The molecule has 27 heavy (non-hydrogen) atoms. The quantitative estimate of drug-likeness (QED) is 0.804. The van der Waals surface area contributed by atoms with Crippen LogP contribution in [0.2, 0.25) is 0 Å². The minimum absolute atomic E-state index is 0.00964. The number of aromatic hydroxyl groups is 1. The molecule has 2 aliphatic heterocycles.